The summed E-state index contributed by atoms with van der Waals surface area (Å²) in [5.74, 6) is 0. The summed E-state index contributed by atoms with van der Waals surface area (Å²) in [6.45, 7) is 6.60. The smallest absolute Gasteiger partial charge is 0.125 e. The quantitative estimate of drug-likeness (QED) is 0.835. The van der Waals surface area contributed by atoms with Crippen molar-refractivity contribution in [3.63, 3.8) is 0 Å². The minimum Gasteiger partial charge on any atom is -0.384 e. The maximum Gasteiger partial charge on any atom is 0.125 e. The summed E-state index contributed by atoms with van der Waals surface area (Å²) < 4.78 is 5.62. The summed E-state index contributed by atoms with van der Waals surface area (Å²) in [6, 6.07) is 0.468. The van der Waals surface area contributed by atoms with Gasteiger partial charge < -0.3 is 9.84 Å². The Morgan fingerprint density at radius 2 is 2.29 bits per heavy atom. The summed E-state index contributed by atoms with van der Waals surface area (Å²) in [6.07, 6.45) is 3.84. The van der Waals surface area contributed by atoms with E-state index in [9.17, 15) is 5.11 Å². The van der Waals surface area contributed by atoms with E-state index in [4.69, 9.17) is 4.74 Å². The molecule has 5 nitrogen and oxygen atoms in total. The van der Waals surface area contributed by atoms with E-state index >= 15 is 0 Å². The third-order valence-corrected chi connectivity index (χ3v) is 3.09. The molecule has 0 amide bonds. The summed E-state index contributed by atoms with van der Waals surface area (Å²) in [5.41, 5.74) is 0.572. The first-order chi connectivity index (χ1) is 8.18. The van der Waals surface area contributed by atoms with Crippen LogP contribution in [0.15, 0.2) is 18.6 Å². The molecule has 2 atom stereocenters. The zero-order valence-electron chi connectivity index (χ0n) is 10.3. The van der Waals surface area contributed by atoms with Gasteiger partial charge in [0.05, 0.1) is 18.5 Å². The number of hydrogen-bond acceptors (Lipinski definition) is 5. The normalized spacial score (nSPS) is 23.9. The van der Waals surface area contributed by atoms with Gasteiger partial charge in [0, 0.05) is 31.5 Å². The van der Waals surface area contributed by atoms with Crippen molar-refractivity contribution in [2.45, 2.75) is 32.1 Å². The summed E-state index contributed by atoms with van der Waals surface area (Å²) in [7, 11) is 0. The van der Waals surface area contributed by atoms with Gasteiger partial charge >= 0.3 is 0 Å². The Labute approximate surface area is 101 Å². The number of rotatable bonds is 3. The van der Waals surface area contributed by atoms with Gasteiger partial charge in [-0.05, 0) is 13.8 Å². The second kappa shape index (κ2) is 5.53. The van der Waals surface area contributed by atoms with Crippen LogP contribution in [0.3, 0.4) is 0 Å². The van der Waals surface area contributed by atoms with Crippen LogP contribution in [-0.2, 0) is 4.74 Å². The molecule has 0 saturated carbocycles. The maximum atomic E-state index is 10.2. The van der Waals surface area contributed by atoms with Crippen LogP contribution in [0.1, 0.15) is 25.6 Å². The van der Waals surface area contributed by atoms with Gasteiger partial charge in [0.25, 0.3) is 0 Å². The Hall–Kier alpha value is -1.04. The van der Waals surface area contributed by atoms with Crippen LogP contribution < -0.4 is 0 Å². The van der Waals surface area contributed by atoms with E-state index in [1.165, 1.54) is 0 Å². The topological polar surface area (TPSA) is 58.5 Å². The number of aliphatic hydroxyl groups excluding tert-OH is 1. The molecule has 17 heavy (non-hydrogen) atoms. The molecule has 2 rings (SSSR count). The average Bonchev–Trinajstić information content (AvgIpc) is 2.39. The summed E-state index contributed by atoms with van der Waals surface area (Å²) >= 11 is 0. The van der Waals surface area contributed by atoms with Gasteiger partial charge in [0.2, 0.25) is 0 Å². The Bertz CT molecular complexity index is 345. The van der Waals surface area contributed by atoms with Crippen molar-refractivity contribution in [2.24, 2.45) is 0 Å². The first-order valence-electron chi connectivity index (χ1n) is 5.98. The fourth-order valence-corrected chi connectivity index (χ4v) is 2.01. The number of nitrogens with zero attached hydrogens (tertiary/aromatic N) is 3. The van der Waals surface area contributed by atoms with E-state index in [1.807, 2.05) is 0 Å². The molecule has 1 aromatic heterocycles. The monoisotopic (exact) mass is 237 g/mol. The molecule has 1 N–H and O–H groups in total. The molecular formula is C12H19N3O2. The van der Waals surface area contributed by atoms with Gasteiger partial charge in [-0.1, -0.05) is 0 Å². The van der Waals surface area contributed by atoms with Crippen LogP contribution in [0.5, 0.6) is 0 Å². The van der Waals surface area contributed by atoms with Gasteiger partial charge in [-0.3, -0.25) is 14.9 Å². The Morgan fingerprint density at radius 1 is 1.47 bits per heavy atom. The summed E-state index contributed by atoms with van der Waals surface area (Å²) in [4.78, 5) is 10.4. The third-order valence-electron chi connectivity index (χ3n) is 3.09. The molecule has 5 heteroatoms. The Balaban J connectivity index is 2.02. The van der Waals surface area contributed by atoms with Crippen LogP contribution >= 0.6 is 0 Å². The first-order valence-corrected chi connectivity index (χ1v) is 5.98. The van der Waals surface area contributed by atoms with E-state index < -0.39 is 6.10 Å². The average molecular weight is 237 g/mol. The van der Waals surface area contributed by atoms with Crippen molar-refractivity contribution in [1.29, 1.82) is 0 Å². The van der Waals surface area contributed by atoms with Crippen LogP contribution in [0.25, 0.3) is 0 Å². The molecule has 0 aliphatic carbocycles. The van der Waals surface area contributed by atoms with Crippen molar-refractivity contribution in [1.82, 2.24) is 14.9 Å². The van der Waals surface area contributed by atoms with Gasteiger partial charge in [0.1, 0.15) is 12.2 Å². The van der Waals surface area contributed by atoms with E-state index in [-0.39, 0.29) is 6.10 Å². The van der Waals surface area contributed by atoms with Crippen molar-refractivity contribution in [3.8, 4) is 0 Å². The lowest BCUT2D eigenvalue weighted by atomic mass is 10.1. The second-order valence-electron chi connectivity index (χ2n) is 4.57. The largest absolute Gasteiger partial charge is 0.384 e. The Morgan fingerprint density at radius 3 is 2.94 bits per heavy atom. The SMILES string of the molecule is CC(C)N1CCOC(C(O)c2cnccn2)C1. The molecule has 1 aliphatic rings. The lowest BCUT2D eigenvalue weighted by Gasteiger charge is -2.37. The van der Waals surface area contributed by atoms with Crippen molar-refractivity contribution >= 4 is 0 Å². The fourth-order valence-electron chi connectivity index (χ4n) is 2.01. The number of morpholine rings is 1. The highest BCUT2D eigenvalue weighted by atomic mass is 16.5. The highest BCUT2D eigenvalue weighted by Gasteiger charge is 2.29. The van der Waals surface area contributed by atoms with Crippen molar-refractivity contribution in [2.75, 3.05) is 19.7 Å². The molecule has 2 unspecified atom stereocenters. The molecule has 0 aromatic carbocycles. The van der Waals surface area contributed by atoms with E-state index in [1.54, 1.807) is 18.6 Å². The molecule has 0 bridgehead atoms. The van der Waals surface area contributed by atoms with E-state index in [0.717, 1.165) is 13.1 Å². The van der Waals surface area contributed by atoms with Crippen LogP contribution in [0.4, 0.5) is 0 Å². The predicted molar refractivity (Wildman–Crippen MR) is 63.4 cm³/mol. The molecule has 2 heterocycles. The predicted octanol–water partition coefficient (Wildman–Crippen LogP) is 0.619. The minimum atomic E-state index is -0.703. The van der Waals surface area contributed by atoms with Crippen LogP contribution in [0.2, 0.25) is 0 Å². The highest BCUT2D eigenvalue weighted by Crippen LogP contribution is 2.20. The number of hydrogen-bond donors (Lipinski definition) is 1. The van der Waals surface area contributed by atoms with Crippen LogP contribution in [-0.4, -0.2) is 51.8 Å². The van der Waals surface area contributed by atoms with Crippen molar-refractivity contribution in [3.05, 3.63) is 24.3 Å². The fraction of sp³-hybridized carbons (Fsp3) is 0.667. The second-order valence-corrected chi connectivity index (χ2v) is 4.57. The number of ether oxygens (including phenoxy) is 1. The molecule has 0 radical (unpaired) electrons. The van der Waals surface area contributed by atoms with Crippen LogP contribution in [0, 0.1) is 0 Å². The molecular weight excluding hydrogens is 218 g/mol. The van der Waals surface area contributed by atoms with Crippen molar-refractivity contribution < 1.29 is 9.84 Å². The first kappa shape index (κ1) is 12.4. The van der Waals surface area contributed by atoms with E-state index in [2.05, 4.69) is 28.7 Å². The lowest BCUT2D eigenvalue weighted by molar-refractivity contribution is -0.0973. The number of aromatic nitrogens is 2. The zero-order valence-corrected chi connectivity index (χ0v) is 10.3. The summed E-state index contributed by atoms with van der Waals surface area (Å²) in [5, 5.41) is 10.2. The number of aliphatic hydroxyl groups is 1. The van der Waals surface area contributed by atoms with Gasteiger partial charge in [-0.2, -0.15) is 0 Å². The maximum absolute atomic E-state index is 10.2. The Kier molecular flexibility index (Phi) is 4.04. The highest BCUT2D eigenvalue weighted by molar-refractivity contribution is 5.02. The molecule has 1 fully saturated rings. The van der Waals surface area contributed by atoms with E-state index in [0.29, 0.717) is 18.3 Å². The molecule has 1 saturated heterocycles. The van der Waals surface area contributed by atoms with Gasteiger partial charge in [0.15, 0.2) is 0 Å². The molecule has 94 valence electrons. The minimum absolute atomic E-state index is 0.220. The molecule has 1 aromatic rings. The third kappa shape index (κ3) is 3.00. The van der Waals surface area contributed by atoms with Gasteiger partial charge in [-0.15, -0.1) is 0 Å². The zero-order chi connectivity index (χ0) is 12.3. The standard InChI is InChI=1S/C12H19N3O2/c1-9(2)15-5-6-17-11(8-15)12(16)10-7-13-3-4-14-10/h3-4,7,9,11-12,16H,5-6,8H2,1-2H3. The lowest BCUT2D eigenvalue weighted by Crippen LogP contribution is -2.47. The van der Waals surface area contributed by atoms with Gasteiger partial charge in [-0.25, -0.2) is 0 Å². The molecule has 1 aliphatic heterocycles. The molecule has 0 spiro atoms.